The molecule has 0 saturated carbocycles. The van der Waals surface area contributed by atoms with E-state index in [4.69, 9.17) is 9.68 Å². The zero-order valence-corrected chi connectivity index (χ0v) is 12.0. The maximum absolute atomic E-state index is 10.6. The van der Waals surface area contributed by atoms with Gasteiger partial charge in [0.15, 0.2) is 5.58 Å². The Balaban J connectivity index is 2.11. The molecule has 7 heteroatoms. The number of oxazole rings is 1. The number of halogens is 1. The minimum atomic E-state index is -0.467. The molecule has 3 aromatic rings. The summed E-state index contributed by atoms with van der Waals surface area (Å²) in [6, 6.07) is 11.2. The van der Waals surface area contributed by atoms with Crippen LogP contribution in [0.15, 0.2) is 45.3 Å². The molecule has 102 valence electrons. The van der Waals surface area contributed by atoms with Crippen molar-refractivity contribution in [1.29, 1.82) is 5.26 Å². The first-order valence-corrected chi connectivity index (χ1v) is 6.63. The van der Waals surface area contributed by atoms with Crippen LogP contribution in [0.3, 0.4) is 0 Å². The van der Waals surface area contributed by atoms with Crippen LogP contribution in [0.25, 0.3) is 22.6 Å². The zero-order chi connectivity index (χ0) is 15.0. The van der Waals surface area contributed by atoms with Gasteiger partial charge >= 0.3 is 0 Å². The van der Waals surface area contributed by atoms with Crippen LogP contribution in [0.1, 0.15) is 5.56 Å². The summed E-state index contributed by atoms with van der Waals surface area (Å²) in [5.74, 6) is 0.343. The van der Waals surface area contributed by atoms with E-state index in [1.807, 2.05) is 6.07 Å². The Morgan fingerprint density at radius 2 is 2.00 bits per heavy atom. The van der Waals surface area contributed by atoms with Gasteiger partial charge in [-0.15, -0.1) is 0 Å². The Bertz CT molecular complexity index is 894. The first-order chi connectivity index (χ1) is 10.1. The van der Waals surface area contributed by atoms with E-state index >= 15 is 0 Å². The summed E-state index contributed by atoms with van der Waals surface area (Å²) in [4.78, 5) is 14.5. The Kier molecular flexibility index (Phi) is 3.16. The topological polar surface area (TPSA) is 93.0 Å². The van der Waals surface area contributed by atoms with Crippen molar-refractivity contribution in [3.8, 4) is 17.5 Å². The van der Waals surface area contributed by atoms with Gasteiger partial charge in [-0.3, -0.25) is 10.1 Å². The normalized spacial score (nSPS) is 10.5. The van der Waals surface area contributed by atoms with Crippen molar-refractivity contribution in [2.75, 3.05) is 0 Å². The largest absolute Gasteiger partial charge is 0.435 e. The van der Waals surface area contributed by atoms with Gasteiger partial charge in [-0.1, -0.05) is 0 Å². The van der Waals surface area contributed by atoms with Gasteiger partial charge in [0.25, 0.3) is 5.69 Å². The summed E-state index contributed by atoms with van der Waals surface area (Å²) in [6.45, 7) is 0. The van der Waals surface area contributed by atoms with Crippen molar-refractivity contribution in [2.45, 2.75) is 0 Å². The summed E-state index contributed by atoms with van der Waals surface area (Å²) < 4.78 is 6.28. The van der Waals surface area contributed by atoms with E-state index in [0.717, 1.165) is 0 Å². The van der Waals surface area contributed by atoms with Gasteiger partial charge in [0.1, 0.15) is 5.52 Å². The van der Waals surface area contributed by atoms with Gasteiger partial charge in [-0.25, -0.2) is 4.98 Å². The van der Waals surface area contributed by atoms with Gasteiger partial charge in [0.05, 0.1) is 21.0 Å². The van der Waals surface area contributed by atoms with Gasteiger partial charge in [0.2, 0.25) is 5.89 Å². The average molecular weight is 344 g/mol. The molecule has 3 rings (SSSR count). The number of nitro groups is 1. The minimum Gasteiger partial charge on any atom is -0.435 e. The highest BCUT2D eigenvalue weighted by Crippen LogP contribution is 2.31. The first kappa shape index (κ1) is 13.3. The highest BCUT2D eigenvalue weighted by Gasteiger charge is 2.13. The molecule has 0 unspecified atom stereocenters. The Hall–Kier alpha value is -2.72. The molecule has 0 N–H and O–H groups in total. The lowest BCUT2D eigenvalue weighted by Crippen LogP contribution is -1.87. The van der Waals surface area contributed by atoms with Crippen molar-refractivity contribution >= 4 is 32.7 Å². The summed E-state index contributed by atoms with van der Waals surface area (Å²) in [6.07, 6.45) is 0. The van der Waals surface area contributed by atoms with Crippen molar-refractivity contribution in [3.05, 3.63) is 56.5 Å². The molecule has 0 spiro atoms. The second-order valence-electron chi connectivity index (χ2n) is 4.24. The molecule has 1 aromatic heterocycles. The fourth-order valence-electron chi connectivity index (χ4n) is 1.91. The molecule has 0 aliphatic rings. The van der Waals surface area contributed by atoms with Gasteiger partial charge in [-0.05, 0) is 40.2 Å². The lowest BCUT2D eigenvalue weighted by Gasteiger charge is -1.94. The number of hydrogen-bond donors (Lipinski definition) is 0. The lowest BCUT2D eigenvalue weighted by atomic mass is 10.2. The van der Waals surface area contributed by atoms with E-state index in [9.17, 15) is 10.1 Å². The second-order valence-corrected chi connectivity index (χ2v) is 5.10. The van der Waals surface area contributed by atoms with E-state index in [0.29, 0.717) is 32.6 Å². The predicted octanol–water partition coefficient (Wildman–Crippen LogP) is 4.04. The Morgan fingerprint density at radius 3 is 2.62 bits per heavy atom. The van der Waals surface area contributed by atoms with Crippen molar-refractivity contribution in [1.82, 2.24) is 4.98 Å². The molecule has 21 heavy (non-hydrogen) atoms. The van der Waals surface area contributed by atoms with Crippen LogP contribution in [0.5, 0.6) is 0 Å². The monoisotopic (exact) mass is 343 g/mol. The minimum absolute atomic E-state index is 0.00260. The van der Waals surface area contributed by atoms with E-state index in [-0.39, 0.29) is 5.69 Å². The van der Waals surface area contributed by atoms with E-state index in [1.165, 1.54) is 12.1 Å². The smallest absolute Gasteiger partial charge is 0.269 e. The molecule has 1 heterocycles. The molecule has 0 saturated heterocycles. The number of rotatable bonds is 2. The SMILES string of the molecule is N#Cc1cc(Br)c2oc(-c3ccc([N+](=O)[O-])cc3)nc2c1. The third kappa shape index (κ3) is 2.37. The van der Waals surface area contributed by atoms with E-state index in [2.05, 4.69) is 20.9 Å². The molecule has 0 radical (unpaired) electrons. The highest BCUT2D eigenvalue weighted by atomic mass is 79.9. The van der Waals surface area contributed by atoms with Crippen molar-refractivity contribution in [2.24, 2.45) is 0 Å². The standard InChI is InChI=1S/C14H6BrN3O3/c15-11-5-8(7-16)6-12-13(11)21-14(17-12)9-1-3-10(4-2-9)18(19)20/h1-6H. The fourth-order valence-corrected chi connectivity index (χ4v) is 2.44. The number of nitriles is 1. The van der Waals surface area contributed by atoms with Crippen molar-refractivity contribution < 1.29 is 9.34 Å². The Labute approximate surface area is 126 Å². The van der Waals surface area contributed by atoms with Crippen LogP contribution >= 0.6 is 15.9 Å². The van der Waals surface area contributed by atoms with Crippen molar-refractivity contribution in [3.63, 3.8) is 0 Å². The number of aromatic nitrogens is 1. The highest BCUT2D eigenvalue weighted by molar-refractivity contribution is 9.10. The Morgan fingerprint density at radius 1 is 1.29 bits per heavy atom. The number of hydrogen-bond acceptors (Lipinski definition) is 5. The molecule has 2 aromatic carbocycles. The third-order valence-electron chi connectivity index (χ3n) is 2.90. The van der Waals surface area contributed by atoms with Crippen LogP contribution in [0, 0.1) is 21.4 Å². The van der Waals surface area contributed by atoms with Crippen LogP contribution in [0.4, 0.5) is 5.69 Å². The van der Waals surface area contributed by atoms with Gasteiger partial charge in [0, 0.05) is 17.7 Å². The molecular formula is C14H6BrN3O3. The quantitative estimate of drug-likeness (QED) is 0.517. The van der Waals surface area contributed by atoms with Crippen LogP contribution in [0.2, 0.25) is 0 Å². The maximum atomic E-state index is 10.6. The van der Waals surface area contributed by atoms with Crippen LogP contribution in [-0.2, 0) is 0 Å². The predicted molar refractivity (Wildman–Crippen MR) is 78.5 cm³/mol. The van der Waals surface area contributed by atoms with E-state index in [1.54, 1.807) is 24.3 Å². The molecule has 0 aliphatic heterocycles. The molecule has 6 nitrogen and oxygen atoms in total. The number of nitrogens with zero attached hydrogens (tertiary/aromatic N) is 3. The third-order valence-corrected chi connectivity index (χ3v) is 3.49. The van der Waals surface area contributed by atoms with E-state index < -0.39 is 4.92 Å². The molecule has 0 aliphatic carbocycles. The molecule has 0 atom stereocenters. The first-order valence-electron chi connectivity index (χ1n) is 5.83. The number of benzene rings is 2. The fraction of sp³-hybridized carbons (Fsp3) is 0. The average Bonchev–Trinajstić information content (AvgIpc) is 2.91. The summed E-state index contributed by atoms with van der Waals surface area (Å²) >= 11 is 3.33. The number of fused-ring (bicyclic) bond motifs is 1. The maximum Gasteiger partial charge on any atom is 0.269 e. The summed E-state index contributed by atoms with van der Waals surface area (Å²) in [5, 5.41) is 19.6. The van der Waals surface area contributed by atoms with Crippen LogP contribution < -0.4 is 0 Å². The molecular weight excluding hydrogens is 338 g/mol. The summed E-state index contributed by atoms with van der Waals surface area (Å²) in [5.41, 5.74) is 2.18. The van der Waals surface area contributed by atoms with Crippen LogP contribution in [-0.4, -0.2) is 9.91 Å². The zero-order valence-electron chi connectivity index (χ0n) is 10.4. The number of non-ortho nitro benzene ring substituents is 1. The molecule has 0 bridgehead atoms. The molecule has 0 amide bonds. The lowest BCUT2D eigenvalue weighted by molar-refractivity contribution is -0.384. The second kappa shape index (κ2) is 5.00. The summed E-state index contributed by atoms with van der Waals surface area (Å²) in [7, 11) is 0. The molecule has 0 fully saturated rings. The van der Waals surface area contributed by atoms with Gasteiger partial charge in [-0.2, -0.15) is 5.26 Å². The number of nitro benzene ring substituents is 1. The van der Waals surface area contributed by atoms with Gasteiger partial charge < -0.3 is 4.42 Å².